The molecule has 0 spiro atoms. The second kappa shape index (κ2) is 8.85. The van der Waals surface area contributed by atoms with Crippen LogP contribution in [0, 0.1) is 0 Å². The molecular weight excluding hydrogens is 342 g/mol. The quantitative estimate of drug-likeness (QED) is 0.650. The van der Waals surface area contributed by atoms with Gasteiger partial charge in [-0.15, -0.1) is 0 Å². The van der Waals surface area contributed by atoms with E-state index in [2.05, 4.69) is 5.32 Å². The van der Waals surface area contributed by atoms with E-state index >= 15 is 0 Å². The highest BCUT2D eigenvalue weighted by Crippen LogP contribution is 2.19. The smallest absolute Gasteiger partial charge is 0.325 e. The molecule has 0 saturated heterocycles. The third kappa shape index (κ3) is 4.64. The van der Waals surface area contributed by atoms with Gasteiger partial charge in [0, 0.05) is 0 Å². The molecule has 0 aliphatic carbocycles. The molecule has 0 aliphatic heterocycles. The first-order valence-electron chi connectivity index (χ1n) is 8.81. The molecule has 0 bridgehead atoms. The Bertz CT molecular complexity index is 946. The number of nitrogens with one attached hydrogen (secondary N) is 1. The normalized spacial score (nSPS) is 10.4. The number of amides is 1. The summed E-state index contributed by atoms with van der Waals surface area (Å²) in [5.74, 6) is -0.382. The van der Waals surface area contributed by atoms with Crippen LogP contribution in [0.3, 0.4) is 0 Å². The van der Waals surface area contributed by atoms with Crippen molar-refractivity contribution in [2.75, 3.05) is 13.2 Å². The molecule has 0 aromatic heterocycles. The highest BCUT2D eigenvalue weighted by Gasteiger charge is 2.13. The van der Waals surface area contributed by atoms with Crippen molar-refractivity contribution in [3.05, 3.63) is 77.9 Å². The van der Waals surface area contributed by atoms with Crippen molar-refractivity contribution in [3.63, 3.8) is 0 Å². The zero-order valence-electron chi connectivity index (χ0n) is 15.1. The number of ether oxygens (including phenoxy) is 2. The number of rotatable bonds is 7. The fraction of sp³-hybridized carbons (Fsp3) is 0.182. The molecule has 27 heavy (non-hydrogen) atoms. The van der Waals surface area contributed by atoms with Gasteiger partial charge in [0.05, 0.1) is 12.2 Å². The van der Waals surface area contributed by atoms with Crippen LogP contribution in [-0.2, 0) is 16.1 Å². The van der Waals surface area contributed by atoms with E-state index in [-0.39, 0.29) is 19.1 Å². The average molecular weight is 363 g/mol. The molecule has 3 rings (SSSR count). The van der Waals surface area contributed by atoms with E-state index in [1.54, 1.807) is 24.3 Å². The van der Waals surface area contributed by atoms with Crippen molar-refractivity contribution < 1.29 is 19.1 Å². The summed E-state index contributed by atoms with van der Waals surface area (Å²) < 4.78 is 10.7. The zero-order chi connectivity index (χ0) is 19.1. The molecule has 0 radical (unpaired) electrons. The monoisotopic (exact) mass is 363 g/mol. The Morgan fingerprint density at radius 2 is 1.67 bits per heavy atom. The SMILES string of the molecule is CCOc1ccccc1C(=O)NCC(=O)OCc1cccc2ccccc12. The molecule has 5 heteroatoms. The number of hydrogen-bond donors (Lipinski definition) is 1. The maximum absolute atomic E-state index is 12.3. The minimum Gasteiger partial charge on any atom is -0.493 e. The van der Waals surface area contributed by atoms with Crippen molar-refractivity contribution in [1.29, 1.82) is 0 Å². The highest BCUT2D eigenvalue weighted by molar-refractivity contribution is 5.98. The summed E-state index contributed by atoms with van der Waals surface area (Å²) in [5.41, 5.74) is 1.32. The first-order chi connectivity index (χ1) is 13.2. The molecule has 0 atom stereocenters. The predicted molar refractivity (Wildman–Crippen MR) is 104 cm³/mol. The lowest BCUT2D eigenvalue weighted by Crippen LogP contribution is -2.30. The molecule has 0 heterocycles. The highest BCUT2D eigenvalue weighted by atomic mass is 16.5. The van der Waals surface area contributed by atoms with Crippen molar-refractivity contribution in [2.24, 2.45) is 0 Å². The lowest BCUT2D eigenvalue weighted by molar-refractivity contribution is -0.143. The molecule has 1 N–H and O–H groups in total. The summed E-state index contributed by atoms with van der Waals surface area (Å²) >= 11 is 0. The standard InChI is InChI=1S/C22H21NO4/c1-2-26-20-13-6-5-12-19(20)22(25)23-14-21(24)27-15-17-10-7-9-16-8-3-4-11-18(16)17/h3-13H,2,14-15H2,1H3,(H,23,25). The lowest BCUT2D eigenvalue weighted by atomic mass is 10.1. The maximum atomic E-state index is 12.3. The van der Waals surface area contributed by atoms with E-state index in [4.69, 9.17) is 9.47 Å². The van der Waals surface area contributed by atoms with Crippen LogP contribution >= 0.6 is 0 Å². The van der Waals surface area contributed by atoms with Crippen LogP contribution < -0.4 is 10.1 Å². The van der Waals surface area contributed by atoms with Gasteiger partial charge in [0.15, 0.2) is 0 Å². The molecule has 0 aliphatic rings. The fourth-order valence-corrected chi connectivity index (χ4v) is 2.81. The van der Waals surface area contributed by atoms with Gasteiger partial charge in [0.2, 0.25) is 0 Å². The number of para-hydroxylation sites is 1. The van der Waals surface area contributed by atoms with Crippen molar-refractivity contribution >= 4 is 22.6 Å². The number of hydrogen-bond acceptors (Lipinski definition) is 4. The summed E-state index contributed by atoms with van der Waals surface area (Å²) in [4.78, 5) is 24.3. The van der Waals surface area contributed by atoms with Gasteiger partial charge in [-0.05, 0) is 35.4 Å². The minimum atomic E-state index is -0.495. The Morgan fingerprint density at radius 3 is 2.52 bits per heavy atom. The van der Waals surface area contributed by atoms with E-state index < -0.39 is 5.97 Å². The molecule has 138 valence electrons. The molecular formula is C22H21NO4. The Kier molecular flexibility index (Phi) is 6.05. The summed E-state index contributed by atoms with van der Waals surface area (Å²) in [7, 11) is 0. The van der Waals surface area contributed by atoms with Gasteiger partial charge in [-0.1, -0.05) is 54.6 Å². The Morgan fingerprint density at radius 1 is 0.926 bits per heavy atom. The molecule has 3 aromatic carbocycles. The number of fused-ring (bicyclic) bond motifs is 1. The summed E-state index contributed by atoms with van der Waals surface area (Å²) in [6, 6.07) is 20.7. The molecule has 0 unspecified atom stereocenters. The topological polar surface area (TPSA) is 64.6 Å². The number of benzene rings is 3. The van der Waals surface area contributed by atoms with Crippen LogP contribution in [0.15, 0.2) is 66.7 Å². The van der Waals surface area contributed by atoms with E-state index in [9.17, 15) is 9.59 Å². The van der Waals surface area contributed by atoms with Gasteiger partial charge in [-0.25, -0.2) is 0 Å². The van der Waals surface area contributed by atoms with Crippen molar-refractivity contribution in [2.45, 2.75) is 13.5 Å². The van der Waals surface area contributed by atoms with Crippen molar-refractivity contribution in [1.82, 2.24) is 5.32 Å². The Balaban J connectivity index is 1.56. The van der Waals surface area contributed by atoms with Gasteiger partial charge < -0.3 is 14.8 Å². The molecule has 1 amide bonds. The third-order valence-corrected chi connectivity index (χ3v) is 4.09. The largest absolute Gasteiger partial charge is 0.493 e. The minimum absolute atomic E-state index is 0.158. The number of carbonyl (C=O) groups excluding carboxylic acids is 2. The maximum Gasteiger partial charge on any atom is 0.325 e. The fourth-order valence-electron chi connectivity index (χ4n) is 2.81. The zero-order valence-corrected chi connectivity index (χ0v) is 15.1. The van der Waals surface area contributed by atoms with Gasteiger partial charge in [-0.3, -0.25) is 9.59 Å². The summed E-state index contributed by atoms with van der Waals surface area (Å²) in [6.07, 6.45) is 0. The van der Waals surface area contributed by atoms with Gasteiger partial charge in [0.25, 0.3) is 5.91 Å². The first-order valence-corrected chi connectivity index (χ1v) is 8.81. The first kappa shape index (κ1) is 18.5. The number of esters is 1. The lowest BCUT2D eigenvalue weighted by Gasteiger charge is -2.11. The summed E-state index contributed by atoms with van der Waals surface area (Å²) in [5, 5.41) is 4.71. The molecule has 0 fully saturated rings. The van der Waals surface area contributed by atoms with E-state index in [0.717, 1.165) is 16.3 Å². The van der Waals surface area contributed by atoms with Crippen LogP contribution in [0.2, 0.25) is 0 Å². The molecule has 5 nitrogen and oxygen atoms in total. The Labute approximate surface area is 157 Å². The second-order valence-corrected chi connectivity index (χ2v) is 5.91. The van der Waals surface area contributed by atoms with Crippen molar-refractivity contribution in [3.8, 4) is 5.75 Å². The van der Waals surface area contributed by atoms with Crippen LogP contribution in [0.25, 0.3) is 10.8 Å². The predicted octanol–water partition coefficient (Wildman–Crippen LogP) is 3.71. The van der Waals surface area contributed by atoms with Crippen LogP contribution in [0.4, 0.5) is 0 Å². The average Bonchev–Trinajstić information content (AvgIpc) is 2.71. The van der Waals surface area contributed by atoms with Crippen LogP contribution in [0.1, 0.15) is 22.8 Å². The number of carbonyl (C=O) groups is 2. The van der Waals surface area contributed by atoms with Gasteiger partial charge in [0.1, 0.15) is 18.9 Å². The van der Waals surface area contributed by atoms with E-state index in [0.29, 0.717) is 17.9 Å². The van der Waals surface area contributed by atoms with E-state index in [1.807, 2.05) is 49.4 Å². The Hall–Kier alpha value is -3.34. The van der Waals surface area contributed by atoms with Crippen LogP contribution in [0.5, 0.6) is 5.75 Å². The van der Waals surface area contributed by atoms with Crippen LogP contribution in [-0.4, -0.2) is 25.0 Å². The third-order valence-electron chi connectivity index (χ3n) is 4.09. The molecule has 3 aromatic rings. The van der Waals surface area contributed by atoms with Gasteiger partial charge >= 0.3 is 5.97 Å². The second-order valence-electron chi connectivity index (χ2n) is 5.91. The molecule has 0 saturated carbocycles. The van der Waals surface area contributed by atoms with Gasteiger partial charge in [-0.2, -0.15) is 0 Å². The van der Waals surface area contributed by atoms with E-state index in [1.165, 1.54) is 0 Å². The summed E-state index contributed by atoms with van der Waals surface area (Å²) in [6.45, 7) is 2.26.